The van der Waals surface area contributed by atoms with Gasteiger partial charge in [0.15, 0.2) is 0 Å². The highest BCUT2D eigenvalue weighted by atomic mass is 79.9. The molecular weight excluding hydrogens is 290 g/mol. The first kappa shape index (κ1) is 12.0. The van der Waals surface area contributed by atoms with Crippen molar-refractivity contribution in [1.29, 1.82) is 0 Å². The summed E-state index contributed by atoms with van der Waals surface area (Å²) >= 11 is 3.62. The van der Waals surface area contributed by atoms with E-state index in [1.54, 1.807) is 0 Å². The van der Waals surface area contributed by atoms with Crippen LogP contribution in [0.1, 0.15) is 24.2 Å². The first-order chi connectivity index (χ1) is 8.74. The molecule has 2 aromatic rings. The second kappa shape index (κ2) is 4.90. The van der Waals surface area contributed by atoms with E-state index in [2.05, 4.69) is 52.4 Å². The minimum Gasteiger partial charge on any atom is -0.460 e. The van der Waals surface area contributed by atoms with Crippen molar-refractivity contribution in [1.82, 2.24) is 5.32 Å². The van der Waals surface area contributed by atoms with Gasteiger partial charge in [0, 0.05) is 16.1 Å². The van der Waals surface area contributed by atoms with Gasteiger partial charge in [0.1, 0.15) is 11.5 Å². The van der Waals surface area contributed by atoms with E-state index in [4.69, 9.17) is 4.42 Å². The third-order valence-corrected chi connectivity index (χ3v) is 4.31. The summed E-state index contributed by atoms with van der Waals surface area (Å²) in [6.07, 6.45) is 2.61. The fourth-order valence-electron chi connectivity index (χ4n) is 1.99. The topological polar surface area (TPSA) is 25.2 Å². The van der Waals surface area contributed by atoms with Crippen LogP contribution in [0.15, 0.2) is 39.2 Å². The van der Waals surface area contributed by atoms with Crippen LogP contribution in [0.25, 0.3) is 11.3 Å². The van der Waals surface area contributed by atoms with E-state index < -0.39 is 0 Å². The molecule has 1 saturated carbocycles. The van der Waals surface area contributed by atoms with Gasteiger partial charge in [-0.15, -0.1) is 0 Å². The average Bonchev–Trinajstić information content (AvgIpc) is 3.08. The average molecular weight is 306 g/mol. The van der Waals surface area contributed by atoms with Crippen molar-refractivity contribution >= 4 is 15.9 Å². The van der Waals surface area contributed by atoms with E-state index >= 15 is 0 Å². The van der Waals surface area contributed by atoms with E-state index in [1.165, 1.54) is 18.4 Å². The number of benzene rings is 1. The fourth-order valence-corrected chi connectivity index (χ4v) is 2.45. The van der Waals surface area contributed by atoms with Crippen LogP contribution < -0.4 is 5.32 Å². The molecular formula is C15H16BrNO. The monoisotopic (exact) mass is 305 g/mol. The van der Waals surface area contributed by atoms with Gasteiger partial charge in [-0.3, -0.25) is 0 Å². The van der Waals surface area contributed by atoms with Crippen molar-refractivity contribution in [2.45, 2.75) is 32.4 Å². The molecule has 0 unspecified atom stereocenters. The van der Waals surface area contributed by atoms with Crippen molar-refractivity contribution in [3.8, 4) is 11.3 Å². The Hall–Kier alpha value is -1.06. The predicted molar refractivity (Wildman–Crippen MR) is 76.4 cm³/mol. The van der Waals surface area contributed by atoms with Crippen LogP contribution in [0.3, 0.4) is 0 Å². The Morgan fingerprint density at radius 1 is 1.28 bits per heavy atom. The Kier molecular flexibility index (Phi) is 3.27. The summed E-state index contributed by atoms with van der Waals surface area (Å²) in [5, 5.41) is 3.46. The summed E-state index contributed by atoms with van der Waals surface area (Å²) in [6, 6.07) is 11.0. The summed E-state index contributed by atoms with van der Waals surface area (Å²) < 4.78 is 7.00. The van der Waals surface area contributed by atoms with Crippen LogP contribution in [0, 0.1) is 6.92 Å². The quantitative estimate of drug-likeness (QED) is 0.912. The van der Waals surface area contributed by atoms with Gasteiger partial charge < -0.3 is 9.73 Å². The lowest BCUT2D eigenvalue weighted by Crippen LogP contribution is -2.14. The van der Waals surface area contributed by atoms with Crippen LogP contribution >= 0.6 is 15.9 Å². The summed E-state index contributed by atoms with van der Waals surface area (Å²) in [7, 11) is 0. The van der Waals surface area contributed by atoms with E-state index in [9.17, 15) is 0 Å². The Morgan fingerprint density at radius 2 is 2.11 bits per heavy atom. The Bertz CT molecular complexity index is 557. The molecule has 1 aliphatic carbocycles. The SMILES string of the molecule is Cc1cccc(-c2ccc(CNC3CC3)o2)c1Br. The van der Waals surface area contributed by atoms with E-state index in [-0.39, 0.29) is 0 Å². The van der Waals surface area contributed by atoms with E-state index in [0.717, 1.165) is 28.1 Å². The normalized spacial score (nSPS) is 15.0. The van der Waals surface area contributed by atoms with Gasteiger partial charge in [-0.2, -0.15) is 0 Å². The molecule has 2 nitrogen and oxygen atoms in total. The second-order valence-electron chi connectivity index (χ2n) is 4.86. The molecule has 0 spiro atoms. The number of hydrogen-bond donors (Lipinski definition) is 1. The third-order valence-electron chi connectivity index (χ3n) is 3.26. The minimum atomic E-state index is 0.712. The van der Waals surface area contributed by atoms with Crippen LogP contribution in [0.4, 0.5) is 0 Å². The van der Waals surface area contributed by atoms with Gasteiger partial charge >= 0.3 is 0 Å². The Balaban J connectivity index is 1.80. The van der Waals surface area contributed by atoms with Gasteiger partial charge in [0.2, 0.25) is 0 Å². The number of hydrogen-bond acceptors (Lipinski definition) is 2. The van der Waals surface area contributed by atoms with Crippen molar-refractivity contribution in [2.75, 3.05) is 0 Å². The first-order valence-corrected chi connectivity index (χ1v) is 7.11. The molecule has 0 radical (unpaired) electrons. The van der Waals surface area contributed by atoms with Crippen LogP contribution in [0.2, 0.25) is 0 Å². The van der Waals surface area contributed by atoms with E-state index in [0.29, 0.717) is 6.04 Å². The second-order valence-corrected chi connectivity index (χ2v) is 5.65. The lowest BCUT2D eigenvalue weighted by molar-refractivity contribution is 0.492. The van der Waals surface area contributed by atoms with Crippen LogP contribution in [-0.4, -0.2) is 6.04 Å². The molecule has 0 bridgehead atoms. The number of aryl methyl sites for hydroxylation is 1. The van der Waals surface area contributed by atoms with Gasteiger partial charge in [0.25, 0.3) is 0 Å². The van der Waals surface area contributed by atoms with Crippen molar-refractivity contribution in [2.24, 2.45) is 0 Å². The maximum absolute atomic E-state index is 5.89. The van der Waals surface area contributed by atoms with Crippen molar-refractivity contribution in [3.63, 3.8) is 0 Å². The molecule has 0 atom stereocenters. The fraction of sp³-hybridized carbons (Fsp3) is 0.333. The molecule has 1 aromatic carbocycles. The standard InChI is InChI=1S/C15H16BrNO/c1-10-3-2-4-13(15(10)16)14-8-7-12(18-14)9-17-11-5-6-11/h2-4,7-8,11,17H,5-6,9H2,1H3. The largest absolute Gasteiger partial charge is 0.460 e. The molecule has 1 aromatic heterocycles. The Morgan fingerprint density at radius 3 is 2.89 bits per heavy atom. The smallest absolute Gasteiger partial charge is 0.135 e. The molecule has 0 aliphatic heterocycles. The molecule has 3 heteroatoms. The van der Waals surface area contributed by atoms with Gasteiger partial charge in [0.05, 0.1) is 6.54 Å². The number of furan rings is 1. The lowest BCUT2D eigenvalue weighted by atomic mass is 10.1. The molecule has 0 saturated heterocycles. The highest BCUT2D eigenvalue weighted by Crippen LogP contribution is 2.32. The Labute approximate surface area is 116 Å². The highest BCUT2D eigenvalue weighted by molar-refractivity contribution is 9.10. The summed E-state index contributed by atoms with van der Waals surface area (Å²) in [4.78, 5) is 0. The zero-order valence-electron chi connectivity index (χ0n) is 10.4. The number of halogens is 1. The summed E-state index contributed by atoms with van der Waals surface area (Å²) in [5.41, 5.74) is 2.34. The maximum Gasteiger partial charge on any atom is 0.135 e. The molecule has 1 N–H and O–H groups in total. The van der Waals surface area contributed by atoms with Crippen LogP contribution in [0.5, 0.6) is 0 Å². The molecule has 18 heavy (non-hydrogen) atoms. The van der Waals surface area contributed by atoms with Gasteiger partial charge in [-0.25, -0.2) is 0 Å². The first-order valence-electron chi connectivity index (χ1n) is 6.31. The molecule has 1 fully saturated rings. The van der Waals surface area contributed by atoms with Gasteiger partial charge in [-0.1, -0.05) is 18.2 Å². The van der Waals surface area contributed by atoms with Crippen molar-refractivity contribution < 1.29 is 4.42 Å². The van der Waals surface area contributed by atoms with Gasteiger partial charge in [-0.05, 0) is 53.4 Å². The zero-order valence-corrected chi connectivity index (χ0v) is 12.0. The molecule has 1 aliphatic rings. The zero-order chi connectivity index (χ0) is 12.5. The lowest BCUT2D eigenvalue weighted by Gasteiger charge is -2.04. The van der Waals surface area contributed by atoms with E-state index in [1.807, 2.05) is 6.07 Å². The molecule has 1 heterocycles. The summed E-state index contributed by atoms with van der Waals surface area (Å²) in [5.74, 6) is 1.93. The van der Waals surface area contributed by atoms with Crippen LogP contribution in [-0.2, 0) is 6.54 Å². The third kappa shape index (κ3) is 2.52. The molecule has 94 valence electrons. The highest BCUT2D eigenvalue weighted by Gasteiger charge is 2.20. The van der Waals surface area contributed by atoms with Crippen molar-refractivity contribution in [3.05, 3.63) is 46.1 Å². The summed E-state index contributed by atoms with van der Waals surface area (Å²) in [6.45, 7) is 2.92. The minimum absolute atomic E-state index is 0.712. The number of nitrogens with one attached hydrogen (secondary N) is 1. The predicted octanol–water partition coefficient (Wildman–Crippen LogP) is 4.27. The molecule has 0 amide bonds. The maximum atomic E-state index is 5.89. The molecule has 3 rings (SSSR count). The number of rotatable bonds is 4.